The predicted octanol–water partition coefficient (Wildman–Crippen LogP) is 3.46. The Bertz CT molecular complexity index is 315. The standard InChI is InChI=1S/C18H32N2O/c1-2-12-19-13-15-20(16-14-19)18(21)11-7-6-10-17-8-4-3-5-9-17/h2,17H,1,3-16H2. The zero-order valence-electron chi connectivity index (χ0n) is 13.6. The Balaban J connectivity index is 1.54. The van der Waals surface area contributed by atoms with Crippen LogP contribution in [-0.4, -0.2) is 48.4 Å². The molecule has 0 radical (unpaired) electrons. The molecule has 0 atom stereocenters. The first-order valence-corrected chi connectivity index (χ1v) is 8.90. The molecule has 0 aromatic rings. The number of carbonyl (C=O) groups is 1. The molecule has 3 nitrogen and oxygen atoms in total. The third kappa shape index (κ3) is 5.82. The minimum Gasteiger partial charge on any atom is -0.340 e. The smallest absolute Gasteiger partial charge is 0.222 e. The second-order valence-corrected chi connectivity index (χ2v) is 6.72. The maximum Gasteiger partial charge on any atom is 0.222 e. The van der Waals surface area contributed by atoms with E-state index >= 15 is 0 Å². The molecule has 1 aliphatic heterocycles. The molecule has 2 aliphatic rings. The second-order valence-electron chi connectivity index (χ2n) is 6.72. The fraction of sp³-hybridized carbons (Fsp3) is 0.833. The minimum absolute atomic E-state index is 0.372. The number of amides is 1. The molecule has 3 heteroatoms. The topological polar surface area (TPSA) is 23.6 Å². The van der Waals surface area contributed by atoms with Gasteiger partial charge in [0.1, 0.15) is 0 Å². The highest BCUT2D eigenvalue weighted by atomic mass is 16.2. The van der Waals surface area contributed by atoms with Gasteiger partial charge in [-0.05, 0) is 12.3 Å². The molecule has 0 unspecified atom stereocenters. The van der Waals surface area contributed by atoms with E-state index in [1.165, 1.54) is 44.9 Å². The van der Waals surface area contributed by atoms with E-state index in [-0.39, 0.29) is 0 Å². The highest BCUT2D eigenvalue weighted by Crippen LogP contribution is 2.27. The molecule has 2 fully saturated rings. The van der Waals surface area contributed by atoms with E-state index in [1.807, 2.05) is 6.08 Å². The normalized spacial score (nSPS) is 21.4. The summed E-state index contributed by atoms with van der Waals surface area (Å²) in [6.07, 6.45) is 13.5. The molecule has 0 bridgehead atoms. The van der Waals surface area contributed by atoms with Crippen LogP contribution in [0.1, 0.15) is 57.8 Å². The quantitative estimate of drug-likeness (QED) is 0.530. The maximum absolute atomic E-state index is 12.2. The fourth-order valence-corrected chi connectivity index (χ4v) is 3.71. The van der Waals surface area contributed by atoms with Crippen molar-refractivity contribution in [1.29, 1.82) is 0 Å². The molecule has 0 spiro atoms. The summed E-state index contributed by atoms with van der Waals surface area (Å²) in [6.45, 7) is 8.52. The zero-order valence-corrected chi connectivity index (χ0v) is 13.6. The largest absolute Gasteiger partial charge is 0.340 e. The fourth-order valence-electron chi connectivity index (χ4n) is 3.71. The van der Waals surface area contributed by atoms with Crippen LogP contribution in [0.25, 0.3) is 0 Å². The summed E-state index contributed by atoms with van der Waals surface area (Å²) in [6, 6.07) is 0. The van der Waals surface area contributed by atoms with Gasteiger partial charge in [-0.2, -0.15) is 0 Å². The summed E-state index contributed by atoms with van der Waals surface area (Å²) in [7, 11) is 0. The van der Waals surface area contributed by atoms with Crippen LogP contribution in [0, 0.1) is 5.92 Å². The molecule has 0 aromatic carbocycles. The van der Waals surface area contributed by atoms with Crippen molar-refractivity contribution in [3.8, 4) is 0 Å². The van der Waals surface area contributed by atoms with Crippen molar-refractivity contribution in [2.75, 3.05) is 32.7 Å². The Hall–Kier alpha value is -0.830. The van der Waals surface area contributed by atoms with Gasteiger partial charge in [0.25, 0.3) is 0 Å². The Morgan fingerprint density at radius 2 is 1.76 bits per heavy atom. The first kappa shape index (κ1) is 16.5. The highest BCUT2D eigenvalue weighted by molar-refractivity contribution is 5.76. The Morgan fingerprint density at radius 1 is 1.05 bits per heavy atom. The van der Waals surface area contributed by atoms with Crippen molar-refractivity contribution in [2.24, 2.45) is 5.92 Å². The van der Waals surface area contributed by atoms with Gasteiger partial charge >= 0.3 is 0 Å². The summed E-state index contributed by atoms with van der Waals surface area (Å²) in [5, 5.41) is 0. The van der Waals surface area contributed by atoms with Crippen LogP contribution in [0.15, 0.2) is 12.7 Å². The zero-order chi connectivity index (χ0) is 14.9. The molecule has 21 heavy (non-hydrogen) atoms. The van der Waals surface area contributed by atoms with Crippen LogP contribution in [0.3, 0.4) is 0 Å². The average Bonchev–Trinajstić information content (AvgIpc) is 2.53. The van der Waals surface area contributed by atoms with Crippen LogP contribution in [0.2, 0.25) is 0 Å². The van der Waals surface area contributed by atoms with Crippen molar-refractivity contribution in [3.63, 3.8) is 0 Å². The van der Waals surface area contributed by atoms with Gasteiger partial charge in [-0.1, -0.05) is 51.0 Å². The van der Waals surface area contributed by atoms with Crippen LogP contribution >= 0.6 is 0 Å². The first-order chi connectivity index (χ1) is 10.3. The average molecular weight is 292 g/mol. The monoisotopic (exact) mass is 292 g/mol. The van der Waals surface area contributed by atoms with Crippen LogP contribution in [0.5, 0.6) is 0 Å². The Morgan fingerprint density at radius 3 is 2.43 bits per heavy atom. The van der Waals surface area contributed by atoms with E-state index in [1.54, 1.807) is 0 Å². The number of hydrogen-bond donors (Lipinski definition) is 0. The molecule has 1 saturated carbocycles. The number of piperazine rings is 1. The number of hydrogen-bond acceptors (Lipinski definition) is 2. The molecule has 0 aromatic heterocycles. The van der Waals surface area contributed by atoms with Gasteiger partial charge in [-0.25, -0.2) is 0 Å². The third-order valence-electron chi connectivity index (χ3n) is 5.09. The van der Waals surface area contributed by atoms with Gasteiger partial charge in [0.15, 0.2) is 0 Å². The van der Waals surface area contributed by atoms with E-state index < -0.39 is 0 Å². The number of rotatable bonds is 7. The first-order valence-electron chi connectivity index (χ1n) is 8.90. The summed E-state index contributed by atoms with van der Waals surface area (Å²) < 4.78 is 0. The lowest BCUT2D eigenvalue weighted by molar-refractivity contribution is -0.133. The highest BCUT2D eigenvalue weighted by Gasteiger charge is 2.20. The maximum atomic E-state index is 12.2. The van der Waals surface area contributed by atoms with E-state index in [0.29, 0.717) is 5.91 Å². The van der Waals surface area contributed by atoms with E-state index in [4.69, 9.17) is 0 Å². The van der Waals surface area contributed by atoms with Gasteiger partial charge in [-0.15, -0.1) is 6.58 Å². The Kier molecular flexibility index (Phi) is 7.28. The van der Waals surface area contributed by atoms with Gasteiger partial charge in [0, 0.05) is 39.1 Å². The molecule has 0 N–H and O–H groups in total. The summed E-state index contributed by atoms with van der Waals surface area (Å²) in [5.41, 5.74) is 0. The predicted molar refractivity (Wildman–Crippen MR) is 88.3 cm³/mol. The summed E-state index contributed by atoms with van der Waals surface area (Å²) >= 11 is 0. The molecule has 1 amide bonds. The SMILES string of the molecule is C=CCN1CCN(C(=O)CCCCC2CCCCC2)CC1. The summed E-state index contributed by atoms with van der Waals surface area (Å²) in [5.74, 6) is 1.33. The lowest BCUT2D eigenvalue weighted by atomic mass is 9.85. The minimum atomic E-state index is 0.372. The molecule has 2 rings (SSSR count). The number of nitrogens with zero attached hydrogens (tertiary/aromatic N) is 2. The molecule has 1 saturated heterocycles. The van der Waals surface area contributed by atoms with E-state index in [9.17, 15) is 4.79 Å². The lowest BCUT2D eigenvalue weighted by Gasteiger charge is -2.34. The van der Waals surface area contributed by atoms with E-state index in [2.05, 4.69) is 16.4 Å². The van der Waals surface area contributed by atoms with Crippen molar-refractivity contribution in [2.45, 2.75) is 57.8 Å². The van der Waals surface area contributed by atoms with E-state index in [0.717, 1.165) is 51.5 Å². The van der Waals surface area contributed by atoms with Crippen molar-refractivity contribution in [3.05, 3.63) is 12.7 Å². The second kappa shape index (κ2) is 9.24. The van der Waals surface area contributed by atoms with Crippen molar-refractivity contribution in [1.82, 2.24) is 9.80 Å². The van der Waals surface area contributed by atoms with Crippen molar-refractivity contribution >= 4 is 5.91 Å². The van der Waals surface area contributed by atoms with Gasteiger partial charge in [-0.3, -0.25) is 9.69 Å². The van der Waals surface area contributed by atoms with Gasteiger partial charge in [0.2, 0.25) is 5.91 Å². The molecule has 1 aliphatic carbocycles. The van der Waals surface area contributed by atoms with Gasteiger partial charge in [0.05, 0.1) is 0 Å². The van der Waals surface area contributed by atoms with Crippen LogP contribution in [-0.2, 0) is 4.79 Å². The lowest BCUT2D eigenvalue weighted by Crippen LogP contribution is -2.48. The molecule has 1 heterocycles. The van der Waals surface area contributed by atoms with Crippen molar-refractivity contribution < 1.29 is 4.79 Å². The summed E-state index contributed by atoms with van der Waals surface area (Å²) in [4.78, 5) is 16.6. The van der Waals surface area contributed by atoms with Gasteiger partial charge < -0.3 is 4.90 Å². The Labute approximate surface area is 130 Å². The van der Waals surface area contributed by atoms with Crippen LogP contribution in [0.4, 0.5) is 0 Å². The number of unbranched alkanes of at least 4 members (excludes halogenated alkanes) is 1. The molecule has 120 valence electrons. The van der Waals surface area contributed by atoms with Crippen LogP contribution < -0.4 is 0 Å². The third-order valence-corrected chi connectivity index (χ3v) is 5.09. The molecular weight excluding hydrogens is 260 g/mol. The molecular formula is C18H32N2O. The number of carbonyl (C=O) groups excluding carboxylic acids is 1.